The Balaban J connectivity index is 1.57. The number of carbonyl (C=O) groups excluding carboxylic acids is 2. The summed E-state index contributed by atoms with van der Waals surface area (Å²) < 4.78 is 18.6. The molecule has 3 aromatic rings. The molecule has 6 nitrogen and oxygen atoms in total. The molecule has 3 rings (SSSR count). The predicted molar refractivity (Wildman–Crippen MR) is 106 cm³/mol. The van der Waals surface area contributed by atoms with Crippen molar-refractivity contribution in [1.82, 2.24) is 9.88 Å². The molecule has 2 amide bonds. The van der Waals surface area contributed by atoms with Gasteiger partial charge < -0.3 is 14.6 Å². The quantitative estimate of drug-likeness (QED) is 0.636. The molecule has 1 heterocycles. The Labute approximate surface area is 165 Å². The van der Waals surface area contributed by atoms with Crippen LogP contribution in [0.2, 0.25) is 0 Å². The van der Waals surface area contributed by atoms with Gasteiger partial charge in [0, 0.05) is 30.9 Å². The maximum Gasteiger partial charge on any atom is 0.256 e. The monoisotopic (exact) mass is 399 g/mol. The van der Waals surface area contributed by atoms with E-state index < -0.39 is 0 Å². The Morgan fingerprint density at radius 2 is 1.93 bits per heavy atom. The van der Waals surface area contributed by atoms with E-state index in [1.165, 1.54) is 23.2 Å². The van der Waals surface area contributed by atoms with Gasteiger partial charge in [0.1, 0.15) is 5.82 Å². The highest BCUT2D eigenvalue weighted by atomic mass is 32.2. The Morgan fingerprint density at radius 3 is 2.64 bits per heavy atom. The van der Waals surface area contributed by atoms with Crippen molar-refractivity contribution in [3.8, 4) is 11.3 Å². The van der Waals surface area contributed by atoms with Crippen molar-refractivity contribution < 1.29 is 18.4 Å². The van der Waals surface area contributed by atoms with E-state index in [1.807, 2.05) is 0 Å². The van der Waals surface area contributed by atoms with Crippen molar-refractivity contribution in [3.63, 3.8) is 0 Å². The molecular weight excluding hydrogens is 381 g/mol. The molecule has 8 heteroatoms. The molecule has 0 unspecified atom stereocenters. The van der Waals surface area contributed by atoms with E-state index in [0.29, 0.717) is 27.8 Å². The second-order valence-electron chi connectivity index (χ2n) is 6.11. The van der Waals surface area contributed by atoms with Crippen LogP contribution >= 0.6 is 11.8 Å². The minimum Gasteiger partial charge on any atom is -0.431 e. The minimum atomic E-state index is -0.328. The van der Waals surface area contributed by atoms with E-state index in [4.69, 9.17) is 4.42 Å². The lowest BCUT2D eigenvalue weighted by atomic mass is 10.2. The Morgan fingerprint density at radius 1 is 1.18 bits per heavy atom. The standard InChI is InChI=1S/C20H18FN3O3S/c1-24(2)19(26)14-4-3-5-16(10-14)23-18(25)12-28-20-22-11-17(27-20)13-6-8-15(21)9-7-13/h3-11H,12H2,1-2H3,(H,23,25). The molecule has 2 aromatic carbocycles. The van der Waals surface area contributed by atoms with Crippen molar-refractivity contribution >= 4 is 29.3 Å². The number of halogens is 1. The summed E-state index contributed by atoms with van der Waals surface area (Å²) in [7, 11) is 3.33. The summed E-state index contributed by atoms with van der Waals surface area (Å²) in [4.78, 5) is 29.8. The number of hydrogen-bond acceptors (Lipinski definition) is 5. The van der Waals surface area contributed by atoms with Crippen LogP contribution in [0.25, 0.3) is 11.3 Å². The first-order valence-electron chi connectivity index (χ1n) is 8.38. The van der Waals surface area contributed by atoms with Gasteiger partial charge in [-0.25, -0.2) is 9.37 Å². The summed E-state index contributed by atoms with van der Waals surface area (Å²) in [5, 5.41) is 3.09. The van der Waals surface area contributed by atoms with Crippen molar-refractivity contribution in [2.45, 2.75) is 5.22 Å². The molecule has 0 bridgehead atoms. The summed E-state index contributed by atoms with van der Waals surface area (Å²) in [5.74, 6) is -0.127. The van der Waals surface area contributed by atoms with Crippen LogP contribution in [-0.4, -0.2) is 41.5 Å². The predicted octanol–water partition coefficient (Wildman–Crippen LogP) is 3.91. The third-order valence-electron chi connectivity index (χ3n) is 3.74. The number of nitrogens with one attached hydrogen (secondary N) is 1. The highest BCUT2D eigenvalue weighted by molar-refractivity contribution is 7.99. The van der Waals surface area contributed by atoms with Gasteiger partial charge in [-0.15, -0.1) is 0 Å². The molecule has 0 atom stereocenters. The van der Waals surface area contributed by atoms with Gasteiger partial charge >= 0.3 is 0 Å². The Hall–Kier alpha value is -3.13. The number of benzene rings is 2. The highest BCUT2D eigenvalue weighted by Crippen LogP contribution is 2.25. The molecule has 1 N–H and O–H groups in total. The average molecular weight is 399 g/mol. The van der Waals surface area contributed by atoms with Crippen LogP contribution in [0.1, 0.15) is 10.4 Å². The first-order valence-corrected chi connectivity index (χ1v) is 9.37. The SMILES string of the molecule is CN(C)C(=O)c1cccc(NC(=O)CSc2ncc(-c3ccc(F)cc3)o2)c1. The van der Waals surface area contributed by atoms with Gasteiger partial charge in [0.25, 0.3) is 11.1 Å². The van der Waals surface area contributed by atoms with Crippen LogP contribution in [0.3, 0.4) is 0 Å². The van der Waals surface area contributed by atoms with Crippen LogP contribution in [-0.2, 0) is 4.79 Å². The molecule has 0 saturated heterocycles. The normalized spacial score (nSPS) is 10.5. The lowest BCUT2D eigenvalue weighted by Gasteiger charge is -2.11. The first-order chi connectivity index (χ1) is 13.4. The van der Waals surface area contributed by atoms with Gasteiger partial charge in [-0.2, -0.15) is 0 Å². The molecule has 144 valence electrons. The number of rotatable bonds is 6. The van der Waals surface area contributed by atoms with Crippen molar-refractivity contribution in [3.05, 3.63) is 66.1 Å². The maximum atomic E-state index is 13.0. The topological polar surface area (TPSA) is 75.4 Å². The molecule has 28 heavy (non-hydrogen) atoms. The number of amides is 2. The molecule has 0 spiro atoms. The number of oxazole rings is 1. The van der Waals surface area contributed by atoms with Crippen LogP contribution in [0.5, 0.6) is 0 Å². The van der Waals surface area contributed by atoms with Crippen LogP contribution < -0.4 is 5.32 Å². The van der Waals surface area contributed by atoms with Crippen molar-refractivity contribution in [2.75, 3.05) is 25.2 Å². The molecule has 0 aliphatic rings. The van der Waals surface area contributed by atoms with Crippen LogP contribution in [0.4, 0.5) is 10.1 Å². The van der Waals surface area contributed by atoms with Gasteiger partial charge in [0.2, 0.25) is 5.91 Å². The number of carbonyl (C=O) groups is 2. The van der Waals surface area contributed by atoms with E-state index in [1.54, 1.807) is 50.5 Å². The second-order valence-corrected chi connectivity index (χ2v) is 7.04. The maximum absolute atomic E-state index is 13.0. The molecule has 0 radical (unpaired) electrons. The molecule has 0 aliphatic carbocycles. The van der Waals surface area contributed by atoms with E-state index >= 15 is 0 Å². The van der Waals surface area contributed by atoms with Gasteiger partial charge in [-0.05, 0) is 42.5 Å². The first kappa shape index (κ1) is 19.6. The van der Waals surface area contributed by atoms with E-state index in [9.17, 15) is 14.0 Å². The zero-order valence-corrected chi connectivity index (χ0v) is 16.1. The summed E-state index contributed by atoms with van der Waals surface area (Å²) in [6, 6.07) is 12.6. The number of nitrogens with zero attached hydrogens (tertiary/aromatic N) is 2. The molecule has 0 fully saturated rings. The summed E-state index contributed by atoms with van der Waals surface area (Å²) in [6.07, 6.45) is 1.53. The molecule has 0 saturated carbocycles. The van der Waals surface area contributed by atoms with E-state index in [2.05, 4.69) is 10.3 Å². The number of hydrogen-bond donors (Lipinski definition) is 1. The zero-order chi connectivity index (χ0) is 20.1. The number of aromatic nitrogens is 1. The van der Waals surface area contributed by atoms with Crippen LogP contribution in [0, 0.1) is 5.82 Å². The fraction of sp³-hybridized carbons (Fsp3) is 0.150. The smallest absolute Gasteiger partial charge is 0.256 e. The Bertz CT molecular complexity index is 986. The summed E-state index contributed by atoms with van der Waals surface area (Å²) in [5.41, 5.74) is 1.73. The van der Waals surface area contributed by atoms with Crippen molar-refractivity contribution in [1.29, 1.82) is 0 Å². The minimum absolute atomic E-state index is 0.0925. The fourth-order valence-corrected chi connectivity index (χ4v) is 2.99. The Kier molecular flexibility index (Phi) is 6.10. The molecular formula is C20H18FN3O3S. The largest absolute Gasteiger partial charge is 0.431 e. The lowest BCUT2D eigenvalue weighted by molar-refractivity contribution is -0.113. The van der Waals surface area contributed by atoms with Crippen LogP contribution in [0.15, 0.2) is 64.4 Å². The zero-order valence-electron chi connectivity index (χ0n) is 15.3. The summed E-state index contributed by atoms with van der Waals surface area (Å²) >= 11 is 1.14. The third kappa shape index (κ3) is 4.98. The second kappa shape index (κ2) is 8.71. The van der Waals surface area contributed by atoms with Gasteiger partial charge in [0.05, 0.1) is 11.9 Å². The summed E-state index contributed by atoms with van der Waals surface area (Å²) in [6.45, 7) is 0. The lowest BCUT2D eigenvalue weighted by Crippen LogP contribution is -2.22. The highest BCUT2D eigenvalue weighted by Gasteiger charge is 2.12. The third-order valence-corrected chi connectivity index (χ3v) is 4.58. The van der Waals surface area contributed by atoms with Gasteiger partial charge in [-0.1, -0.05) is 17.8 Å². The average Bonchev–Trinajstić information content (AvgIpc) is 3.15. The number of thioether (sulfide) groups is 1. The molecule has 0 aliphatic heterocycles. The van der Waals surface area contributed by atoms with Gasteiger partial charge in [0.15, 0.2) is 5.76 Å². The fourth-order valence-electron chi connectivity index (χ4n) is 2.38. The molecule has 1 aromatic heterocycles. The van der Waals surface area contributed by atoms with E-state index in [-0.39, 0.29) is 23.4 Å². The number of anilines is 1. The van der Waals surface area contributed by atoms with Crippen molar-refractivity contribution in [2.24, 2.45) is 0 Å². The van der Waals surface area contributed by atoms with E-state index in [0.717, 1.165) is 11.8 Å². The van der Waals surface area contributed by atoms with Gasteiger partial charge in [-0.3, -0.25) is 9.59 Å².